The van der Waals surface area contributed by atoms with Crippen LogP contribution in [0.2, 0.25) is 0 Å². The summed E-state index contributed by atoms with van der Waals surface area (Å²) in [5.74, 6) is 0.370. The van der Waals surface area contributed by atoms with Crippen LogP contribution in [-0.4, -0.2) is 11.6 Å². The van der Waals surface area contributed by atoms with Gasteiger partial charge in [-0.05, 0) is 30.2 Å². The number of hydrogen-bond donors (Lipinski definition) is 0. The molecule has 0 spiro atoms. The highest BCUT2D eigenvalue weighted by atomic mass is 16.5. The van der Waals surface area contributed by atoms with E-state index in [1.165, 1.54) is 13.0 Å². The molecule has 0 amide bonds. The molecule has 0 atom stereocenters. The topological polar surface area (TPSA) is 43.4 Å². The second kappa shape index (κ2) is 5.98. The zero-order valence-corrected chi connectivity index (χ0v) is 12.3. The van der Waals surface area contributed by atoms with Gasteiger partial charge in [0.05, 0.1) is 5.56 Å². The van der Waals surface area contributed by atoms with Crippen molar-refractivity contribution in [2.75, 3.05) is 0 Å². The van der Waals surface area contributed by atoms with Gasteiger partial charge in [0.2, 0.25) is 0 Å². The molecule has 110 valence electrons. The first-order valence-electron chi connectivity index (χ1n) is 7.19. The van der Waals surface area contributed by atoms with Gasteiger partial charge in [0.1, 0.15) is 12.4 Å². The van der Waals surface area contributed by atoms with Crippen molar-refractivity contribution >= 4 is 11.6 Å². The summed E-state index contributed by atoms with van der Waals surface area (Å²) in [6, 6.07) is 15.4. The molecule has 0 heterocycles. The summed E-state index contributed by atoms with van der Waals surface area (Å²) < 4.78 is 5.83. The number of carbonyl (C=O) groups is 2. The van der Waals surface area contributed by atoms with E-state index in [0.29, 0.717) is 29.9 Å². The van der Waals surface area contributed by atoms with Crippen LogP contribution in [-0.2, 0) is 17.8 Å². The Kier molecular flexibility index (Phi) is 3.88. The molecule has 3 rings (SSSR count). The minimum absolute atomic E-state index is 0.103. The molecule has 0 radical (unpaired) electrons. The van der Waals surface area contributed by atoms with Gasteiger partial charge in [-0.3, -0.25) is 9.59 Å². The maximum Gasteiger partial charge on any atom is 0.193 e. The second-order valence-electron chi connectivity index (χ2n) is 5.35. The van der Waals surface area contributed by atoms with E-state index < -0.39 is 0 Å². The van der Waals surface area contributed by atoms with Gasteiger partial charge >= 0.3 is 0 Å². The van der Waals surface area contributed by atoms with Crippen LogP contribution in [0.3, 0.4) is 0 Å². The Bertz CT molecular complexity index is 758. The van der Waals surface area contributed by atoms with Crippen molar-refractivity contribution in [1.82, 2.24) is 0 Å². The average molecular weight is 292 g/mol. The molecule has 2 aromatic carbocycles. The molecule has 0 fully saturated rings. The van der Waals surface area contributed by atoms with Gasteiger partial charge in [-0.15, -0.1) is 0 Å². The Morgan fingerprint density at radius 3 is 2.64 bits per heavy atom. The van der Waals surface area contributed by atoms with Crippen LogP contribution >= 0.6 is 0 Å². The standard InChI is InChI=1S/C19H16O3/c1-13(20)10-16-11-15-8-5-9-17(18(15)19(16)21)22-12-14-6-3-2-4-7-14/h2-10H,11-12H2,1H3/b16-10-. The highest BCUT2D eigenvalue weighted by Crippen LogP contribution is 2.33. The van der Waals surface area contributed by atoms with Crippen LogP contribution in [0, 0.1) is 0 Å². The number of ketones is 2. The van der Waals surface area contributed by atoms with Gasteiger partial charge < -0.3 is 4.74 Å². The first-order valence-corrected chi connectivity index (χ1v) is 7.19. The fourth-order valence-corrected chi connectivity index (χ4v) is 2.65. The normalized spacial score (nSPS) is 15.0. The smallest absolute Gasteiger partial charge is 0.193 e. The third-order valence-corrected chi connectivity index (χ3v) is 3.63. The summed E-state index contributed by atoms with van der Waals surface area (Å²) in [5.41, 5.74) is 3.09. The molecular weight excluding hydrogens is 276 g/mol. The molecule has 22 heavy (non-hydrogen) atoms. The van der Waals surface area contributed by atoms with Gasteiger partial charge in [-0.2, -0.15) is 0 Å². The average Bonchev–Trinajstić information content (AvgIpc) is 2.82. The lowest BCUT2D eigenvalue weighted by Gasteiger charge is -2.09. The quantitative estimate of drug-likeness (QED) is 0.810. The number of carbonyl (C=O) groups excluding carboxylic acids is 2. The summed E-state index contributed by atoms with van der Waals surface area (Å²) in [5, 5.41) is 0. The lowest BCUT2D eigenvalue weighted by molar-refractivity contribution is -0.112. The number of benzene rings is 2. The number of ether oxygens (including phenoxy) is 1. The van der Waals surface area contributed by atoms with E-state index >= 15 is 0 Å². The zero-order chi connectivity index (χ0) is 15.5. The first kappa shape index (κ1) is 14.3. The maximum atomic E-state index is 12.5. The predicted octanol–water partition coefficient (Wildman–Crippen LogP) is 3.52. The third kappa shape index (κ3) is 2.84. The first-order chi connectivity index (χ1) is 10.6. The monoisotopic (exact) mass is 292 g/mol. The predicted molar refractivity (Wildman–Crippen MR) is 84.0 cm³/mol. The van der Waals surface area contributed by atoms with Crippen molar-refractivity contribution in [3.8, 4) is 5.75 Å². The van der Waals surface area contributed by atoms with Crippen LogP contribution in [0.5, 0.6) is 5.75 Å². The number of fused-ring (bicyclic) bond motifs is 1. The summed E-state index contributed by atoms with van der Waals surface area (Å²) >= 11 is 0. The molecule has 1 aliphatic carbocycles. The van der Waals surface area contributed by atoms with E-state index in [4.69, 9.17) is 4.74 Å². The number of hydrogen-bond acceptors (Lipinski definition) is 3. The maximum absolute atomic E-state index is 12.5. The molecule has 1 aliphatic rings. The van der Waals surface area contributed by atoms with E-state index in [1.54, 1.807) is 6.07 Å². The lowest BCUT2D eigenvalue weighted by Crippen LogP contribution is -2.03. The lowest BCUT2D eigenvalue weighted by atomic mass is 10.1. The van der Waals surface area contributed by atoms with Crippen molar-refractivity contribution in [1.29, 1.82) is 0 Å². The highest BCUT2D eigenvalue weighted by molar-refractivity contribution is 6.17. The van der Waals surface area contributed by atoms with E-state index in [0.717, 1.165) is 11.1 Å². The molecular formula is C19H16O3. The number of allylic oxidation sites excluding steroid dienone is 2. The van der Waals surface area contributed by atoms with Crippen LogP contribution in [0.25, 0.3) is 0 Å². The van der Waals surface area contributed by atoms with Crippen molar-refractivity contribution in [3.05, 3.63) is 76.9 Å². The Morgan fingerprint density at radius 2 is 1.91 bits per heavy atom. The second-order valence-corrected chi connectivity index (χ2v) is 5.35. The van der Waals surface area contributed by atoms with Gasteiger partial charge in [0.25, 0.3) is 0 Å². The minimum Gasteiger partial charge on any atom is -0.488 e. The Labute approximate surface area is 129 Å². The Hall–Kier alpha value is -2.68. The van der Waals surface area contributed by atoms with Crippen molar-refractivity contribution in [2.24, 2.45) is 0 Å². The number of Topliss-reactive ketones (excluding diaryl/α,β-unsaturated/α-hetero) is 1. The molecule has 0 aliphatic heterocycles. The highest BCUT2D eigenvalue weighted by Gasteiger charge is 2.28. The third-order valence-electron chi connectivity index (χ3n) is 3.63. The largest absolute Gasteiger partial charge is 0.488 e. The summed E-state index contributed by atoms with van der Waals surface area (Å²) in [6.07, 6.45) is 1.92. The molecule has 0 saturated carbocycles. The molecule has 0 unspecified atom stereocenters. The van der Waals surface area contributed by atoms with Gasteiger partial charge in [0, 0.05) is 12.0 Å². The molecule has 0 bridgehead atoms. The molecule has 0 N–H and O–H groups in total. The van der Waals surface area contributed by atoms with E-state index in [-0.39, 0.29) is 11.6 Å². The van der Waals surface area contributed by atoms with Crippen molar-refractivity contribution in [2.45, 2.75) is 20.0 Å². The minimum atomic E-state index is -0.108. The molecule has 0 saturated heterocycles. The van der Waals surface area contributed by atoms with Gasteiger partial charge in [0.15, 0.2) is 11.6 Å². The van der Waals surface area contributed by atoms with Crippen LogP contribution in [0.1, 0.15) is 28.4 Å². The van der Waals surface area contributed by atoms with E-state index in [2.05, 4.69) is 0 Å². The van der Waals surface area contributed by atoms with Crippen LogP contribution in [0.15, 0.2) is 60.2 Å². The molecule has 2 aromatic rings. The zero-order valence-electron chi connectivity index (χ0n) is 12.3. The van der Waals surface area contributed by atoms with Crippen LogP contribution in [0.4, 0.5) is 0 Å². The van der Waals surface area contributed by atoms with Gasteiger partial charge in [-0.25, -0.2) is 0 Å². The van der Waals surface area contributed by atoms with E-state index in [9.17, 15) is 9.59 Å². The summed E-state index contributed by atoms with van der Waals surface area (Å²) in [6.45, 7) is 1.87. The fourth-order valence-electron chi connectivity index (χ4n) is 2.65. The Balaban J connectivity index is 1.86. The van der Waals surface area contributed by atoms with Crippen LogP contribution < -0.4 is 4.74 Å². The van der Waals surface area contributed by atoms with Crippen molar-refractivity contribution < 1.29 is 14.3 Å². The number of rotatable bonds is 4. The summed E-state index contributed by atoms with van der Waals surface area (Å²) in [7, 11) is 0. The van der Waals surface area contributed by atoms with Gasteiger partial charge in [-0.1, -0.05) is 42.5 Å². The molecule has 3 nitrogen and oxygen atoms in total. The molecule has 3 heteroatoms. The molecule has 0 aromatic heterocycles. The SMILES string of the molecule is CC(=O)/C=C1/Cc2cccc(OCc3ccccc3)c2C1=O. The summed E-state index contributed by atoms with van der Waals surface area (Å²) in [4.78, 5) is 23.7. The Morgan fingerprint density at radius 1 is 1.14 bits per heavy atom. The fraction of sp³-hybridized carbons (Fsp3) is 0.158. The van der Waals surface area contributed by atoms with E-state index in [1.807, 2.05) is 42.5 Å². The van der Waals surface area contributed by atoms with Crippen molar-refractivity contribution in [3.63, 3.8) is 0 Å².